The number of ether oxygens (including phenoxy) is 1. The van der Waals surface area contributed by atoms with Crippen LogP contribution in [0.1, 0.15) is 5.56 Å². The molecule has 4 nitrogen and oxygen atoms in total. The summed E-state index contributed by atoms with van der Waals surface area (Å²) in [6, 6.07) is 4.02. The Labute approximate surface area is 107 Å². The molecule has 0 unspecified atom stereocenters. The van der Waals surface area contributed by atoms with Gasteiger partial charge < -0.3 is 9.64 Å². The fourth-order valence-electron chi connectivity index (χ4n) is 1.52. The van der Waals surface area contributed by atoms with Crippen LogP contribution in [0.2, 0.25) is 0 Å². The zero-order valence-corrected chi connectivity index (χ0v) is 11.4. The topological polar surface area (TPSA) is 37.7 Å². The lowest BCUT2D eigenvalue weighted by atomic mass is 10.3. The molecular weight excluding hydrogens is 234 g/mol. The zero-order valence-electron chi connectivity index (χ0n) is 10.6. The minimum Gasteiger partial charge on any atom is -0.383 e. The van der Waals surface area contributed by atoms with E-state index in [1.54, 1.807) is 25.1 Å². The third kappa shape index (κ3) is 4.75. The Morgan fingerprint density at radius 1 is 1.59 bits per heavy atom. The summed E-state index contributed by atoms with van der Waals surface area (Å²) in [4.78, 5) is 10.6. The number of hydrogen-bond donors (Lipinski definition) is 0. The maximum absolute atomic E-state index is 5.13. The third-order valence-electron chi connectivity index (χ3n) is 2.31. The largest absolute Gasteiger partial charge is 0.383 e. The molecule has 94 valence electrons. The Morgan fingerprint density at radius 3 is 2.94 bits per heavy atom. The summed E-state index contributed by atoms with van der Waals surface area (Å²) < 4.78 is 5.13. The molecule has 1 heterocycles. The van der Waals surface area contributed by atoms with Crippen molar-refractivity contribution in [3.8, 4) is 0 Å². The molecule has 0 saturated carbocycles. The number of aliphatic imine (C=N–C) groups is 1. The van der Waals surface area contributed by atoms with E-state index in [9.17, 15) is 0 Å². The second-order valence-electron chi connectivity index (χ2n) is 3.49. The molecule has 5 heteroatoms. The maximum atomic E-state index is 5.13. The van der Waals surface area contributed by atoms with E-state index in [1.165, 1.54) is 5.56 Å². The molecule has 0 fully saturated rings. The van der Waals surface area contributed by atoms with Crippen molar-refractivity contribution in [1.82, 2.24) is 9.88 Å². The number of pyridine rings is 1. The van der Waals surface area contributed by atoms with Gasteiger partial charge in [0.15, 0.2) is 5.17 Å². The van der Waals surface area contributed by atoms with Gasteiger partial charge in [-0.1, -0.05) is 17.8 Å². The number of rotatable bonds is 5. The molecule has 0 aliphatic rings. The third-order valence-corrected chi connectivity index (χ3v) is 3.11. The van der Waals surface area contributed by atoms with E-state index in [2.05, 4.69) is 20.9 Å². The first kappa shape index (κ1) is 14.0. The molecule has 0 aromatic carbocycles. The lowest BCUT2D eigenvalue weighted by Crippen LogP contribution is -2.31. The summed E-state index contributed by atoms with van der Waals surface area (Å²) in [5.41, 5.74) is 1.18. The number of methoxy groups -OCH3 is 1. The van der Waals surface area contributed by atoms with Gasteiger partial charge in [0.25, 0.3) is 0 Å². The fraction of sp³-hybridized carbons (Fsp3) is 0.500. The van der Waals surface area contributed by atoms with Crippen LogP contribution in [-0.4, -0.2) is 48.6 Å². The van der Waals surface area contributed by atoms with Gasteiger partial charge in [-0.05, 0) is 17.9 Å². The fourth-order valence-corrected chi connectivity index (χ4v) is 2.11. The Hall–Kier alpha value is -1.07. The molecule has 0 atom stereocenters. The molecule has 0 aliphatic carbocycles. The molecule has 0 aliphatic heterocycles. The molecule has 1 aromatic heterocycles. The van der Waals surface area contributed by atoms with Crippen LogP contribution in [0.4, 0.5) is 0 Å². The highest BCUT2D eigenvalue weighted by atomic mass is 32.2. The number of aromatic nitrogens is 1. The highest BCUT2D eigenvalue weighted by Crippen LogP contribution is 2.10. The van der Waals surface area contributed by atoms with Crippen LogP contribution in [0.25, 0.3) is 0 Å². The first-order valence-corrected chi connectivity index (χ1v) is 6.67. The van der Waals surface area contributed by atoms with Crippen molar-refractivity contribution in [2.75, 3.05) is 33.6 Å². The smallest absolute Gasteiger partial charge is 0.159 e. The van der Waals surface area contributed by atoms with E-state index in [1.807, 2.05) is 25.6 Å². The van der Waals surface area contributed by atoms with E-state index in [0.29, 0.717) is 6.61 Å². The van der Waals surface area contributed by atoms with E-state index >= 15 is 0 Å². The molecule has 1 rings (SSSR count). The molecule has 1 aromatic rings. The Kier molecular flexibility index (Phi) is 6.65. The van der Waals surface area contributed by atoms with Crippen molar-refractivity contribution < 1.29 is 4.74 Å². The zero-order chi connectivity index (χ0) is 12.5. The van der Waals surface area contributed by atoms with Gasteiger partial charge in [-0.3, -0.25) is 9.98 Å². The molecule has 0 spiro atoms. The number of thioether (sulfide) groups is 1. The SMILES string of the molecule is CN=C(SC)N(CCOC)Cc1cccnc1. The van der Waals surface area contributed by atoms with Crippen molar-refractivity contribution in [3.05, 3.63) is 30.1 Å². The second kappa shape index (κ2) is 8.08. The predicted octanol–water partition coefficient (Wildman–Crippen LogP) is 1.88. The number of nitrogens with zero attached hydrogens (tertiary/aromatic N) is 3. The minimum atomic E-state index is 0.694. The van der Waals surface area contributed by atoms with Gasteiger partial charge in [-0.2, -0.15) is 0 Å². The minimum absolute atomic E-state index is 0.694. The highest BCUT2D eigenvalue weighted by Gasteiger charge is 2.10. The molecule has 0 amide bonds. The van der Waals surface area contributed by atoms with Crippen LogP contribution in [0.15, 0.2) is 29.5 Å². The maximum Gasteiger partial charge on any atom is 0.159 e. The standard InChI is InChI=1S/C12H19N3OS/c1-13-12(17-3)15(7-8-16-2)10-11-5-4-6-14-9-11/h4-6,9H,7-8,10H2,1-3H3. The van der Waals surface area contributed by atoms with E-state index in [4.69, 9.17) is 4.74 Å². The van der Waals surface area contributed by atoms with Crippen LogP contribution < -0.4 is 0 Å². The quantitative estimate of drug-likeness (QED) is 0.593. The molecule has 0 N–H and O–H groups in total. The van der Waals surface area contributed by atoms with E-state index in [-0.39, 0.29) is 0 Å². The van der Waals surface area contributed by atoms with Gasteiger partial charge >= 0.3 is 0 Å². The summed E-state index contributed by atoms with van der Waals surface area (Å²) in [6.07, 6.45) is 5.70. The van der Waals surface area contributed by atoms with Gasteiger partial charge in [0.05, 0.1) is 6.61 Å². The monoisotopic (exact) mass is 253 g/mol. The lowest BCUT2D eigenvalue weighted by Gasteiger charge is -2.24. The van der Waals surface area contributed by atoms with Crippen molar-refractivity contribution in [3.63, 3.8) is 0 Å². The van der Waals surface area contributed by atoms with Crippen LogP contribution in [-0.2, 0) is 11.3 Å². The van der Waals surface area contributed by atoms with Crippen molar-refractivity contribution in [2.45, 2.75) is 6.54 Å². The van der Waals surface area contributed by atoms with Crippen LogP contribution in [0, 0.1) is 0 Å². The average Bonchev–Trinajstić information content (AvgIpc) is 2.38. The van der Waals surface area contributed by atoms with E-state index < -0.39 is 0 Å². The summed E-state index contributed by atoms with van der Waals surface area (Å²) >= 11 is 1.65. The van der Waals surface area contributed by atoms with Gasteiger partial charge in [0.2, 0.25) is 0 Å². The first-order valence-electron chi connectivity index (χ1n) is 5.45. The molecule has 17 heavy (non-hydrogen) atoms. The van der Waals surface area contributed by atoms with E-state index in [0.717, 1.165) is 18.3 Å². The van der Waals surface area contributed by atoms with Crippen LogP contribution in [0.3, 0.4) is 0 Å². The lowest BCUT2D eigenvalue weighted by molar-refractivity contribution is 0.175. The van der Waals surface area contributed by atoms with Gasteiger partial charge in [0.1, 0.15) is 0 Å². The normalized spacial score (nSPS) is 11.6. The van der Waals surface area contributed by atoms with Crippen LogP contribution >= 0.6 is 11.8 Å². The summed E-state index contributed by atoms with van der Waals surface area (Å²) in [5, 5.41) is 1.02. The summed E-state index contributed by atoms with van der Waals surface area (Å²) in [7, 11) is 3.53. The Balaban J connectivity index is 2.69. The summed E-state index contributed by atoms with van der Waals surface area (Å²) in [5.74, 6) is 0. The van der Waals surface area contributed by atoms with Crippen LogP contribution in [0.5, 0.6) is 0 Å². The van der Waals surface area contributed by atoms with Crippen molar-refractivity contribution in [2.24, 2.45) is 4.99 Å². The summed E-state index contributed by atoms with van der Waals surface area (Å²) in [6.45, 7) is 2.34. The van der Waals surface area contributed by atoms with Crippen molar-refractivity contribution >= 4 is 16.9 Å². The van der Waals surface area contributed by atoms with Crippen molar-refractivity contribution in [1.29, 1.82) is 0 Å². The average molecular weight is 253 g/mol. The molecule has 0 saturated heterocycles. The molecular formula is C12H19N3OS. The second-order valence-corrected chi connectivity index (χ2v) is 4.26. The molecule has 0 radical (unpaired) electrons. The predicted molar refractivity (Wildman–Crippen MR) is 73.4 cm³/mol. The van der Waals surface area contributed by atoms with Gasteiger partial charge in [0, 0.05) is 39.6 Å². The van der Waals surface area contributed by atoms with Gasteiger partial charge in [-0.15, -0.1) is 0 Å². The highest BCUT2D eigenvalue weighted by molar-refractivity contribution is 8.13. The Bertz CT molecular complexity index is 343. The first-order chi connectivity index (χ1) is 8.31. The molecule has 0 bridgehead atoms. The number of hydrogen-bond acceptors (Lipinski definition) is 4. The van der Waals surface area contributed by atoms with Gasteiger partial charge in [-0.25, -0.2) is 0 Å². The number of amidine groups is 1. The Morgan fingerprint density at radius 2 is 2.41 bits per heavy atom.